The van der Waals surface area contributed by atoms with Crippen LogP contribution in [-0.2, 0) is 12.8 Å². The average molecular weight is 428 g/mol. The van der Waals surface area contributed by atoms with E-state index in [-0.39, 0.29) is 12.8 Å². The maximum absolute atomic E-state index is 5.89. The Morgan fingerprint density at radius 1 is 0.969 bits per heavy atom. The minimum atomic E-state index is 0.135. The van der Waals surface area contributed by atoms with Crippen molar-refractivity contribution in [2.24, 2.45) is 0 Å². The van der Waals surface area contributed by atoms with Gasteiger partial charge < -0.3 is 23.8 Å². The number of methoxy groups -OCH3 is 2. The van der Waals surface area contributed by atoms with E-state index in [9.17, 15) is 0 Å². The van der Waals surface area contributed by atoms with Crippen LogP contribution in [0.5, 0.6) is 23.0 Å². The molecule has 3 aromatic carbocycles. The molecule has 3 aromatic rings. The molecule has 6 rings (SSSR count). The first-order valence-corrected chi connectivity index (χ1v) is 11.0. The average Bonchev–Trinajstić information content (AvgIpc) is 3.30. The van der Waals surface area contributed by atoms with Crippen LogP contribution in [0, 0.1) is 0 Å². The predicted molar refractivity (Wildman–Crippen MR) is 123 cm³/mol. The van der Waals surface area contributed by atoms with Gasteiger partial charge in [0.25, 0.3) is 0 Å². The Morgan fingerprint density at radius 3 is 2.56 bits per heavy atom. The lowest BCUT2D eigenvalue weighted by molar-refractivity contribution is 0.174. The van der Waals surface area contributed by atoms with Gasteiger partial charge in [0.1, 0.15) is 0 Å². The summed E-state index contributed by atoms with van der Waals surface area (Å²) in [6, 6.07) is 19.2. The van der Waals surface area contributed by atoms with Crippen LogP contribution < -0.4 is 18.9 Å². The molecule has 5 heteroatoms. The second-order valence-corrected chi connectivity index (χ2v) is 8.35. The lowest BCUT2D eigenvalue weighted by atomic mass is 9.84. The number of ether oxygens (including phenoxy) is 4. The van der Waals surface area contributed by atoms with E-state index >= 15 is 0 Å². The third kappa shape index (κ3) is 2.92. The molecule has 32 heavy (non-hydrogen) atoms. The molecule has 0 spiro atoms. The molecule has 0 radical (unpaired) electrons. The first-order valence-electron chi connectivity index (χ1n) is 11.0. The van der Waals surface area contributed by atoms with E-state index in [0.29, 0.717) is 0 Å². The monoisotopic (exact) mass is 427 g/mol. The summed E-state index contributed by atoms with van der Waals surface area (Å²) < 4.78 is 22.9. The highest BCUT2D eigenvalue weighted by molar-refractivity contribution is 5.88. The zero-order valence-electron chi connectivity index (χ0n) is 18.3. The number of fused-ring (bicyclic) bond motifs is 5. The van der Waals surface area contributed by atoms with Crippen molar-refractivity contribution in [1.82, 2.24) is 4.90 Å². The van der Waals surface area contributed by atoms with E-state index in [1.165, 1.54) is 33.5 Å². The van der Waals surface area contributed by atoms with Crippen LogP contribution in [0.2, 0.25) is 0 Å². The summed E-state index contributed by atoms with van der Waals surface area (Å²) in [5.41, 5.74) is 7.40. The first kappa shape index (κ1) is 19.1. The van der Waals surface area contributed by atoms with Crippen molar-refractivity contribution < 1.29 is 18.9 Å². The molecule has 3 heterocycles. The third-order valence-corrected chi connectivity index (χ3v) is 6.70. The van der Waals surface area contributed by atoms with Gasteiger partial charge in [-0.05, 0) is 53.8 Å². The number of hydrogen-bond donors (Lipinski definition) is 0. The summed E-state index contributed by atoms with van der Waals surface area (Å²) in [5.74, 6) is 3.25. The Labute approximate surface area is 187 Å². The molecule has 162 valence electrons. The molecule has 0 aliphatic carbocycles. The highest BCUT2D eigenvalue weighted by atomic mass is 16.7. The van der Waals surface area contributed by atoms with Crippen LogP contribution in [0.25, 0.3) is 11.8 Å². The fraction of sp³-hybridized carbons (Fsp3) is 0.259. The fourth-order valence-corrected chi connectivity index (χ4v) is 5.22. The van der Waals surface area contributed by atoms with Crippen molar-refractivity contribution in [2.75, 3.05) is 27.6 Å². The number of hydrogen-bond acceptors (Lipinski definition) is 5. The Hall–Kier alpha value is -3.60. The third-order valence-electron chi connectivity index (χ3n) is 6.70. The van der Waals surface area contributed by atoms with E-state index in [2.05, 4.69) is 59.5 Å². The van der Waals surface area contributed by atoms with Gasteiger partial charge >= 0.3 is 0 Å². The van der Waals surface area contributed by atoms with Gasteiger partial charge in [-0.2, -0.15) is 0 Å². The lowest BCUT2D eigenvalue weighted by Gasteiger charge is -2.43. The van der Waals surface area contributed by atoms with Crippen molar-refractivity contribution in [2.45, 2.75) is 18.9 Å². The molecule has 0 saturated heterocycles. The van der Waals surface area contributed by atoms with Crippen LogP contribution in [0.3, 0.4) is 0 Å². The smallest absolute Gasteiger partial charge is 0.231 e. The Morgan fingerprint density at radius 2 is 1.78 bits per heavy atom. The molecule has 1 unspecified atom stereocenters. The molecule has 3 aliphatic heterocycles. The summed E-state index contributed by atoms with van der Waals surface area (Å²) in [4.78, 5) is 2.52. The van der Waals surface area contributed by atoms with Crippen molar-refractivity contribution in [3.05, 3.63) is 82.4 Å². The SMILES string of the molecule is COc1ccc2c(c1OC)C(Cc1ccccc1)N1CCc3cc4c(cc3C1=C2)OCO4. The summed E-state index contributed by atoms with van der Waals surface area (Å²) >= 11 is 0. The topological polar surface area (TPSA) is 40.2 Å². The normalized spacial score (nSPS) is 17.8. The minimum absolute atomic E-state index is 0.135. The predicted octanol–water partition coefficient (Wildman–Crippen LogP) is 5.09. The molecule has 0 saturated carbocycles. The molecule has 3 aliphatic rings. The largest absolute Gasteiger partial charge is 0.493 e. The molecule has 0 fully saturated rings. The first-order chi connectivity index (χ1) is 15.8. The molecule has 0 N–H and O–H groups in total. The summed E-state index contributed by atoms with van der Waals surface area (Å²) in [6.07, 6.45) is 4.11. The minimum Gasteiger partial charge on any atom is -0.493 e. The second-order valence-electron chi connectivity index (χ2n) is 8.35. The van der Waals surface area contributed by atoms with E-state index in [4.69, 9.17) is 18.9 Å². The number of nitrogens with zero attached hydrogens (tertiary/aromatic N) is 1. The maximum atomic E-state index is 5.89. The number of rotatable bonds is 4. The zero-order valence-corrected chi connectivity index (χ0v) is 18.3. The molecule has 0 bridgehead atoms. The van der Waals surface area contributed by atoms with E-state index in [0.717, 1.165) is 42.4 Å². The van der Waals surface area contributed by atoms with Gasteiger partial charge in [-0.1, -0.05) is 36.4 Å². The van der Waals surface area contributed by atoms with E-state index in [1.54, 1.807) is 14.2 Å². The molecule has 5 nitrogen and oxygen atoms in total. The Balaban J connectivity index is 1.54. The van der Waals surface area contributed by atoms with Crippen LogP contribution in [0.4, 0.5) is 0 Å². The number of benzene rings is 3. The van der Waals surface area contributed by atoms with Gasteiger partial charge in [0, 0.05) is 23.4 Å². The molecular weight excluding hydrogens is 402 g/mol. The second kappa shape index (κ2) is 7.52. The molecule has 1 atom stereocenters. The summed E-state index contributed by atoms with van der Waals surface area (Å²) in [7, 11) is 3.42. The van der Waals surface area contributed by atoms with Gasteiger partial charge in [-0.3, -0.25) is 0 Å². The standard InChI is InChI=1S/C27H25NO4/c1-29-23-9-8-19-13-21-20-15-25-24(31-16-32-25)14-18(20)10-11-28(21)22(26(19)27(23)30-2)12-17-6-4-3-5-7-17/h3-9,13-15,22H,10-12,16H2,1-2H3. The molecule has 0 aromatic heterocycles. The van der Waals surface area contributed by atoms with Crippen molar-refractivity contribution in [3.8, 4) is 23.0 Å². The van der Waals surface area contributed by atoms with Gasteiger partial charge in [-0.25, -0.2) is 0 Å². The van der Waals surface area contributed by atoms with Crippen LogP contribution >= 0.6 is 0 Å². The van der Waals surface area contributed by atoms with Crippen LogP contribution in [0.1, 0.15) is 33.9 Å². The summed E-state index contributed by atoms with van der Waals surface area (Å²) in [6.45, 7) is 1.22. The quantitative estimate of drug-likeness (QED) is 0.580. The van der Waals surface area contributed by atoms with Crippen molar-refractivity contribution in [1.29, 1.82) is 0 Å². The van der Waals surface area contributed by atoms with E-state index in [1.807, 2.05) is 6.07 Å². The molecule has 0 amide bonds. The van der Waals surface area contributed by atoms with Crippen molar-refractivity contribution in [3.63, 3.8) is 0 Å². The fourth-order valence-electron chi connectivity index (χ4n) is 5.22. The Bertz CT molecular complexity index is 1220. The summed E-state index contributed by atoms with van der Waals surface area (Å²) in [5, 5.41) is 0. The maximum Gasteiger partial charge on any atom is 0.231 e. The van der Waals surface area contributed by atoms with Gasteiger partial charge in [0.05, 0.1) is 20.3 Å². The lowest BCUT2D eigenvalue weighted by Crippen LogP contribution is -2.36. The Kier molecular flexibility index (Phi) is 4.49. The highest BCUT2D eigenvalue weighted by Gasteiger charge is 2.36. The van der Waals surface area contributed by atoms with Gasteiger partial charge in [0.2, 0.25) is 6.79 Å². The van der Waals surface area contributed by atoms with E-state index < -0.39 is 0 Å². The highest BCUT2D eigenvalue weighted by Crippen LogP contribution is 2.50. The van der Waals surface area contributed by atoms with Gasteiger partial charge in [-0.15, -0.1) is 0 Å². The van der Waals surface area contributed by atoms with Crippen LogP contribution in [0.15, 0.2) is 54.6 Å². The molecular formula is C27H25NO4. The zero-order chi connectivity index (χ0) is 21.7. The van der Waals surface area contributed by atoms with Crippen LogP contribution in [-0.4, -0.2) is 32.5 Å². The van der Waals surface area contributed by atoms with Gasteiger partial charge in [0.15, 0.2) is 23.0 Å². The van der Waals surface area contributed by atoms with Crippen molar-refractivity contribution >= 4 is 11.8 Å².